The highest BCUT2D eigenvalue weighted by molar-refractivity contribution is 6.78. The molecular formula is C50H59B29O. The smallest absolute Gasteiger partial charge is 0.145 e. The third-order valence-corrected chi connectivity index (χ3v) is 23.0. The largest absolute Gasteiger partial charge is 0.457 e. The van der Waals surface area contributed by atoms with E-state index in [0.29, 0.717) is 0 Å². The summed E-state index contributed by atoms with van der Waals surface area (Å²) in [6.45, 7) is 0. The Kier molecular flexibility index (Phi) is 13.6. The van der Waals surface area contributed by atoms with Crippen LogP contribution in [-0.4, -0.2) is 228 Å². The quantitative estimate of drug-likeness (QED) is 0.127. The first-order valence-corrected chi connectivity index (χ1v) is 29.7. The van der Waals surface area contributed by atoms with Crippen molar-refractivity contribution < 1.29 is 4.42 Å². The fraction of sp³-hybridized carbons (Fsp3) is 0. The lowest BCUT2D eigenvalue weighted by Crippen LogP contribution is -2.52. The van der Waals surface area contributed by atoms with E-state index in [9.17, 15) is 0 Å². The van der Waals surface area contributed by atoms with Crippen molar-refractivity contribution in [2.24, 2.45) is 0 Å². The zero-order valence-electron chi connectivity index (χ0n) is 54.5. The Balaban J connectivity index is 1.43. The van der Waals surface area contributed by atoms with Crippen LogP contribution in [0, 0.1) is 0 Å². The van der Waals surface area contributed by atoms with Crippen LogP contribution in [0.3, 0.4) is 0 Å². The Bertz CT molecular complexity index is 4870. The summed E-state index contributed by atoms with van der Waals surface area (Å²) in [6, 6.07) is 2.67. The lowest BCUT2D eigenvalue weighted by Gasteiger charge is -2.32. The molecule has 0 spiro atoms. The molecule has 0 bridgehead atoms. The van der Waals surface area contributed by atoms with Crippen LogP contribution in [0.1, 0.15) is 0 Å². The van der Waals surface area contributed by atoms with Gasteiger partial charge in [-0.15, -0.1) is 43.7 Å². The van der Waals surface area contributed by atoms with Crippen molar-refractivity contribution in [1.29, 1.82) is 0 Å². The molecule has 80 heavy (non-hydrogen) atoms. The molecule has 1 heterocycles. The molecule has 0 amide bonds. The van der Waals surface area contributed by atoms with Crippen LogP contribution < -0.4 is 158 Å². The molecule has 352 valence electrons. The monoisotopic (exact) mass is 995 g/mol. The predicted molar refractivity (Wildman–Crippen MR) is 455 cm³/mol. The van der Waals surface area contributed by atoms with Crippen molar-refractivity contribution >= 4 is 462 Å². The number of fused-ring (bicyclic) bond motifs is 8. The number of furan rings is 1. The molecule has 11 rings (SSSR count). The van der Waals surface area contributed by atoms with Gasteiger partial charge in [-0.1, -0.05) is 104 Å². The van der Waals surface area contributed by atoms with Crippen LogP contribution in [-0.2, 0) is 0 Å². The van der Waals surface area contributed by atoms with E-state index in [0.717, 1.165) is 11.2 Å². The summed E-state index contributed by atoms with van der Waals surface area (Å²) >= 11 is 0. The van der Waals surface area contributed by atoms with Gasteiger partial charge in [0.1, 0.15) is 239 Å². The lowest BCUT2D eigenvalue weighted by atomic mass is 9.56. The molecule has 30 heteroatoms. The first kappa shape index (κ1) is 57.0. The van der Waals surface area contributed by atoms with E-state index < -0.39 is 0 Å². The molecule has 0 aliphatic carbocycles. The fourth-order valence-corrected chi connectivity index (χ4v) is 16.6. The second-order valence-corrected chi connectivity index (χ2v) is 25.9. The maximum Gasteiger partial charge on any atom is 0.145 e. The van der Waals surface area contributed by atoms with Gasteiger partial charge in [-0.25, -0.2) is 0 Å². The first-order chi connectivity index (χ1) is 37.4. The molecule has 0 N–H and O–H groups in total. The first-order valence-electron chi connectivity index (χ1n) is 29.7. The maximum atomic E-state index is 7.44. The molecular weight excluding hydrogens is 930 g/mol. The van der Waals surface area contributed by atoms with Crippen molar-refractivity contribution in [1.82, 2.24) is 0 Å². The van der Waals surface area contributed by atoms with E-state index in [1.165, 1.54) is 256 Å². The highest BCUT2D eigenvalue weighted by Crippen LogP contribution is 2.41. The van der Waals surface area contributed by atoms with Gasteiger partial charge in [0, 0.05) is 10.8 Å². The zero-order valence-corrected chi connectivity index (χ0v) is 54.5. The number of hydrogen-bond donors (Lipinski definition) is 0. The van der Waals surface area contributed by atoms with Gasteiger partial charge in [0.2, 0.25) is 0 Å². The molecule has 0 aliphatic heterocycles. The summed E-state index contributed by atoms with van der Waals surface area (Å²) in [6.07, 6.45) is 0. The molecule has 10 aromatic carbocycles. The van der Waals surface area contributed by atoms with Crippen molar-refractivity contribution in [2.75, 3.05) is 0 Å². The van der Waals surface area contributed by atoms with Crippen LogP contribution in [0.25, 0.3) is 109 Å². The van der Waals surface area contributed by atoms with Crippen LogP contribution in [0.2, 0.25) is 0 Å². The number of rotatable bonds is 3. The van der Waals surface area contributed by atoms with Gasteiger partial charge in [0.15, 0.2) is 0 Å². The summed E-state index contributed by atoms with van der Waals surface area (Å²) in [5, 5.41) is 16.4. The fourth-order valence-electron chi connectivity index (χ4n) is 16.6. The molecule has 0 saturated heterocycles. The second kappa shape index (κ2) is 19.1. The predicted octanol–water partition coefficient (Wildman–Crippen LogP) is -36.2. The van der Waals surface area contributed by atoms with Crippen LogP contribution >= 0.6 is 0 Å². The van der Waals surface area contributed by atoms with Gasteiger partial charge < -0.3 is 4.42 Å². The van der Waals surface area contributed by atoms with E-state index in [2.05, 4.69) is 234 Å². The normalized spacial score (nSPS) is 11.9. The van der Waals surface area contributed by atoms with E-state index in [4.69, 9.17) is 4.42 Å². The number of benzene rings is 10. The zero-order chi connectivity index (χ0) is 58.7. The molecule has 11 aromatic rings. The Labute approximate surface area is 502 Å². The molecule has 0 unspecified atom stereocenters. The summed E-state index contributed by atoms with van der Waals surface area (Å²) < 4.78 is 7.44. The maximum absolute atomic E-state index is 7.44. The molecule has 0 fully saturated rings. The van der Waals surface area contributed by atoms with Gasteiger partial charge >= 0.3 is 0 Å². The molecule has 0 radical (unpaired) electrons. The Morgan fingerprint density at radius 3 is 0.838 bits per heavy atom. The average Bonchev–Trinajstić information content (AvgIpc) is 3.90. The van der Waals surface area contributed by atoms with E-state index in [1.807, 2.05) is 0 Å². The highest BCUT2D eigenvalue weighted by atomic mass is 16.3. The SMILES string of the molecule is Bc1c(-c2c(B)c(B)c3c(oc4c(B)c5c(B)c(B)c(B)c(B)c5c(B)c43)c2B)cc2c(-c3c(B)c(B)c4c(B)c(B)c(B)c(B)c4c3B)c3c(B)c(B)c(B)c(B)c3c(-c3c(B)c(B)c4c(B)c(B)c(B)c(B)c4c3B)c2c1B. The number of hydrogen-bond acceptors (Lipinski definition) is 1. The molecule has 0 saturated carbocycles. The third-order valence-electron chi connectivity index (χ3n) is 23.0. The summed E-state index contributed by atoms with van der Waals surface area (Å²) in [7, 11) is 68.8. The summed E-state index contributed by atoms with van der Waals surface area (Å²) in [5.41, 5.74) is 49.8. The minimum absolute atomic E-state index is 1.01. The lowest BCUT2D eigenvalue weighted by molar-refractivity contribution is 0.675. The molecule has 0 atom stereocenters. The Morgan fingerprint density at radius 1 is 0.163 bits per heavy atom. The van der Waals surface area contributed by atoms with Gasteiger partial charge in [-0.2, -0.15) is 0 Å². The average molecular weight is 990 g/mol. The van der Waals surface area contributed by atoms with Crippen molar-refractivity contribution in [3.63, 3.8) is 0 Å². The van der Waals surface area contributed by atoms with Crippen LogP contribution in [0.4, 0.5) is 0 Å². The highest BCUT2D eigenvalue weighted by Gasteiger charge is 2.32. The van der Waals surface area contributed by atoms with E-state index in [-0.39, 0.29) is 0 Å². The summed E-state index contributed by atoms with van der Waals surface area (Å²) in [5.74, 6) is 0. The van der Waals surface area contributed by atoms with E-state index >= 15 is 0 Å². The Hall–Kier alpha value is -4.82. The van der Waals surface area contributed by atoms with Crippen molar-refractivity contribution in [3.8, 4) is 33.4 Å². The summed E-state index contributed by atoms with van der Waals surface area (Å²) in [4.78, 5) is 0. The molecule has 1 nitrogen and oxygen atoms in total. The van der Waals surface area contributed by atoms with Gasteiger partial charge in [0.25, 0.3) is 0 Å². The minimum atomic E-state index is 1.01. The van der Waals surface area contributed by atoms with Crippen LogP contribution in [0.5, 0.6) is 0 Å². The third kappa shape index (κ3) is 7.13. The topological polar surface area (TPSA) is 13.1 Å². The molecule has 1 aromatic heterocycles. The van der Waals surface area contributed by atoms with Crippen molar-refractivity contribution in [2.45, 2.75) is 0 Å². The van der Waals surface area contributed by atoms with Gasteiger partial charge in [-0.3, -0.25) is 0 Å². The van der Waals surface area contributed by atoms with Gasteiger partial charge in [-0.05, 0) is 104 Å². The standard InChI is InChI=1S/C50H59B29O/c51-20-3(6-25(56)38(69)19-18-23(54)14-17(37(68)48(79)45(76)34(14)65)40(71)49(18)80-50(19)39(6)70)1-2-4(10-21(52)12-15(30(61)28(10)59)35(66)46(77)43(74)32(12)63)8-9(27(58)42(73)41(72)26(8)57)7(5(2)24(20)55)11-22(53)13-16(31(62)29(11)60)36(67)47(78)44(75)33(13)64/h1H,51-79H2. The van der Waals surface area contributed by atoms with Gasteiger partial charge in [0.05, 0.1) is 0 Å². The van der Waals surface area contributed by atoms with E-state index in [1.54, 1.807) is 0 Å². The Morgan fingerprint density at radius 2 is 0.425 bits per heavy atom. The second-order valence-electron chi connectivity index (χ2n) is 25.9. The minimum Gasteiger partial charge on any atom is -0.457 e. The molecule has 0 aliphatic rings. The van der Waals surface area contributed by atoms with Crippen molar-refractivity contribution in [3.05, 3.63) is 6.07 Å². The van der Waals surface area contributed by atoms with Crippen LogP contribution in [0.15, 0.2) is 10.5 Å².